The van der Waals surface area contributed by atoms with Gasteiger partial charge in [-0.25, -0.2) is 4.98 Å². The third-order valence-corrected chi connectivity index (χ3v) is 2.96. The van der Waals surface area contributed by atoms with Crippen LogP contribution in [0.25, 0.3) is 11.0 Å². The Morgan fingerprint density at radius 2 is 1.84 bits per heavy atom. The highest BCUT2D eigenvalue weighted by molar-refractivity contribution is 5.73. The van der Waals surface area contributed by atoms with E-state index < -0.39 is 6.10 Å². The number of aryl methyl sites for hydroxylation is 1. The van der Waals surface area contributed by atoms with Crippen LogP contribution in [0.5, 0.6) is 0 Å². The fourth-order valence-electron chi connectivity index (χ4n) is 2.00. The van der Waals surface area contributed by atoms with Crippen LogP contribution in [0.2, 0.25) is 0 Å². The highest BCUT2D eigenvalue weighted by Gasteiger charge is 2.13. The molecule has 0 spiro atoms. The van der Waals surface area contributed by atoms with E-state index in [9.17, 15) is 5.11 Å². The molecule has 3 aromatic rings. The van der Waals surface area contributed by atoms with Gasteiger partial charge in [0.25, 0.3) is 0 Å². The Labute approximate surface area is 110 Å². The van der Waals surface area contributed by atoms with Crippen molar-refractivity contribution < 1.29 is 5.11 Å². The van der Waals surface area contributed by atoms with Gasteiger partial charge in [0.15, 0.2) is 0 Å². The van der Waals surface area contributed by atoms with Gasteiger partial charge in [-0.2, -0.15) is 0 Å². The van der Waals surface area contributed by atoms with Gasteiger partial charge in [-0.15, -0.1) is 0 Å². The summed E-state index contributed by atoms with van der Waals surface area (Å²) in [5.41, 5.74) is 3.86. The molecule has 0 aliphatic heterocycles. The van der Waals surface area contributed by atoms with E-state index in [1.807, 2.05) is 37.3 Å². The van der Waals surface area contributed by atoms with Gasteiger partial charge in [-0.3, -0.25) is 9.97 Å². The first-order valence-electron chi connectivity index (χ1n) is 6.05. The van der Waals surface area contributed by atoms with Crippen LogP contribution in [-0.2, 0) is 0 Å². The smallest absolute Gasteiger partial charge is 0.124 e. The van der Waals surface area contributed by atoms with Gasteiger partial charge < -0.3 is 5.11 Å². The SMILES string of the molecule is Cc1cncc(C(O)c2cnc3ccccc3n2)c1. The first-order valence-corrected chi connectivity index (χ1v) is 6.05. The number of fused-ring (bicyclic) bond motifs is 1. The molecule has 3 rings (SSSR count). The molecule has 94 valence electrons. The lowest BCUT2D eigenvalue weighted by atomic mass is 10.1. The fraction of sp³-hybridized carbons (Fsp3) is 0.133. The van der Waals surface area contributed by atoms with Gasteiger partial charge in [0.05, 0.1) is 22.9 Å². The zero-order valence-corrected chi connectivity index (χ0v) is 10.5. The van der Waals surface area contributed by atoms with Gasteiger partial charge >= 0.3 is 0 Å². The quantitative estimate of drug-likeness (QED) is 0.760. The number of hydrogen-bond donors (Lipinski definition) is 1. The number of pyridine rings is 1. The lowest BCUT2D eigenvalue weighted by Gasteiger charge is -2.10. The number of aliphatic hydroxyl groups is 1. The summed E-state index contributed by atoms with van der Waals surface area (Å²) >= 11 is 0. The predicted molar refractivity (Wildman–Crippen MR) is 72.6 cm³/mol. The van der Waals surface area contributed by atoms with Gasteiger partial charge in [0.2, 0.25) is 0 Å². The van der Waals surface area contributed by atoms with Gasteiger partial charge in [0.1, 0.15) is 6.10 Å². The first kappa shape index (κ1) is 11.7. The first-order chi connectivity index (χ1) is 9.24. The second-order valence-electron chi connectivity index (χ2n) is 4.48. The van der Waals surface area contributed by atoms with E-state index >= 15 is 0 Å². The Morgan fingerprint density at radius 3 is 2.63 bits per heavy atom. The van der Waals surface area contributed by atoms with Crippen molar-refractivity contribution in [2.75, 3.05) is 0 Å². The minimum atomic E-state index is -0.801. The van der Waals surface area contributed by atoms with Crippen molar-refractivity contribution in [3.63, 3.8) is 0 Å². The van der Waals surface area contributed by atoms with Crippen LogP contribution in [0.15, 0.2) is 48.9 Å². The Balaban J connectivity index is 2.04. The molecule has 0 amide bonds. The maximum atomic E-state index is 10.3. The van der Waals surface area contributed by atoms with Gasteiger partial charge in [-0.05, 0) is 24.6 Å². The molecule has 0 saturated heterocycles. The standard InChI is InChI=1S/C15H13N3O/c1-10-6-11(8-16-7-10)15(19)14-9-17-12-4-2-3-5-13(12)18-14/h2-9,15,19H,1H3. The molecule has 1 unspecified atom stereocenters. The molecular formula is C15H13N3O. The molecule has 2 aromatic heterocycles. The molecule has 0 aliphatic rings. The van der Waals surface area contributed by atoms with E-state index in [1.165, 1.54) is 0 Å². The number of benzene rings is 1. The lowest BCUT2D eigenvalue weighted by molar-refractivity contribution is 0.215. The zero-order valence-electron chi connectivity index (χ0n) is 10.5. The summed E-state index contributed by atoms with van der Waals surface area (Å²) in [6.07, 6.45) is 4.20. The summed E-state index contributed by atoms with van der Waals surface area (Å²) in [6, 6.07) is 9.49. The highest BCUT2D eigenvalue weighted by Crippen LogP contribution is 2.21. The molecule has 0 fully saturated rings. The average Bonchev–Trinajstić information content (AvgIpc) is 2.46. The Kier molecular flexibility index (Phi) is 2.93. The number of hydrogen-bond acceptors (Lipinski definition) is 4. The van der Waals surface area contributed by atoms with E-state index in [-0.39, 0.29) is 0 Å². The van der Waals surface area contributed by atoms with Gasteiger partial charge in [-0.1, -0.05) is 18.2 Å². The van der Waals surface area contributed by atoms with Crippen LogP contribution in [0, 0.1) is 6.92 Å². The van der Waals surface area contributed by atoms with Crippen LogP contribution in [0.3, 0.4) is 0 Å². The fourth-order valence-corrected chi connectivity index (χ4v) is 2.00. The molecule has 2 heterocycles. The van der Waals surface area contributed by atoms with Crippen molar-refractivity contribution in [2.45, 2.75) is 13.0 Å². The summed E-state index contributed by atoms with van der Waals surface area (Å²) in [4.78, 5) is 12.8. The molecule has 4 heteroatoms. The topological polar surface area (TPSA) is 58.9 Å². The minimum Gasteiger partial charge on any atom is -0.382 e. The lowest BCUT2D eigenvalue weighted by Crippen LogP contribution is -2.04. The molecule has 0 aliphatic carbocycles. The van der Waals surface area contributed by atoms with Crippen molar-refractivity contribution in [1.82, 2.24) is 15.0 Å². The zero-order chi connectivity index (χ0) is 13.2. The third-order valence-electron chi connectivity index (χ3n) is 2.96. The normalized spacial score (nSPS) is 12.5. The Hall–Kier alpha value is -2.33. The van der Waals surface area contributed by atoms with Crippen molar-refractivity contribution in [3.8, 4) is 0 Å². The van der Waals surface area contributed by atoms with E-state index in [4.69, 9.17) is 0 Å². The number of para-hydroxylation sites is 2. The van der Waals surface area contributed by atoms with Crippen molar-refractivity contribution in [2.24, 2.45) is 0 Å². The molecule has 0 radical (unpaired) electrons. The van der Waals surface area contributed by atoms with Crippen LogP contribution in [0.1, 0.15) is 22.9 Å². The number of nitrogens with zero attached hydrogens (tertiary/aromatic N) is 3. The Bertz CT molecular complexity index is 727. The van der Waals surface area contributed by atoms with Gasteiger partial charge in [0, 0.05) is 18.0 Å². The van der Waals surface area contributed by atoms with Crippen molar-refractivity contribution in [3.05, 3.63) is 65.7 Å². The van der Waals surface area contributed by atoms with Crippen LogP contribution >= 0.6 is 0 Å². The van der Waals surface area contributed by atoms with Crippen LogP contribution in [0.4, 0.5) is 0 Å². The second-order valence-corrected chi connectivity index (χ2v) is 4.48. The molecule has 0 saturated carbocycles. The number of rotatable bonds is 2. The van der Waals surface area contributed by atoms with E-state index in [0.29, 0.717) is 5.69 Å². The predicted octanol–water partition coefficient (Wildman–Crippen LogP) is 2.41. The summed E-state index contributed by atoms with van der Waals surface area (Å²) < 4.78 is 0. The highest BCUT2D eigenvalue weighted by atomic mass is 16.3. The van der Waals surface area contributed by atoms with Crippen LogP contribution in [-0.4, -0.2) is 20.1 Å². The number of aromatic nitrogens is 3. The number of aliphatic hydroxyl groups excluding tert-OH is 1. The molecule has 1 atom stereocenters. The largest absolute Gasteiger partial charge is 0.382 e. The molecule has 1 N–H and O–H groups in total. The molecule has 1 aromatic carbocycles. The summed E-state index contributed by atoms with van der Waals surface area (Å²) in [5.74, 6) is 0. The monoisotopic (exact) mass is 251 g/mol. The maximum Gasteiger partial charge on any atom is 0.124 e. The summed E-state index contributed by atoms with van der Waals surface area (Å²) in [7, 11) is 0. The Morgan fingerprint density at radius 1 is 1.05 bits per heavy atom. The van der Waals surface area contributed by atoms with Crippen molar-refractivity contribution in [1.29, 1.82) is 0 Å². The third kappa shape index (κ3) is 2.30. The van der Waals surface area contributed by atoms with E-state index in [2.05, 4.69) is 15.0 Å². The maximum absolute atomic E-state index is 10.3. The molecule has 0 bridgehead atoms. The molecular weight excluding hydrogens is 238 g/mol. The van der Waals surface area contributed by atoms with Crippen LogP contribution < -0.4 is 0 Å². The summed E-state index contributed by atoms with van der Waals surface area (Å²) in [6.45, 7) is 1.94. The second kappa shape index (κ2) is 4.74. The average molecular weight is 251 g/mol. The molecule has 4 nitrogen and oxygen atoms in total. The molecule has 19 heavy (non-hydrogen) atoms. The minimum absolute atomic E-state index is 0.533. The van der Waals surface area contributed by atoms with E-state index in [0.717, 1.165) is 22.2 Å². The van der Waals surface area contributed by atoms with Crippen molar-refractivity contribution >= 4 is 11.0 Å². The van der Waals surface area contributed by atoms with E-state index in [1.54, 1.807) is 18.6 Å². The summed E-state index contributed by atoms with van der Waals surface area (Å²) in [5, 5.41) is 10.3.